The summed E-state index contributed by atoms with van der Waals surface area (Å²) in [6.07, 6.45) is 7.96. The van der Waals surface area contributed by atoms with Gasteiger partial charge in [-0.25, -0.2) is 0 Å². The van der Waals surface area contributed by atoms with Crippen molar-refractivity contribution in [1.29, 1.82) is 0 Å². The third kappa shape index (κ3) is 3.06. The molecule has 4 fully saturated rings. The first-order chi connectivity index (χ1) is 13.2. The van der Waals surface area contributed by atoms with Crippen LogP contribution in [0.1, 0.15) is 37.4 Å². The molecule has 1 aliphatic carbocycles. The number of hydrogen-bond acceptors (Lipinski definition) is 4. The van der Waals surface area contributed by atoms with Crippen molar-refractivity contribution in [2.24, 2.45) is 17.8 Å². The number of hydrogen-bond donors (Lipinski definition) is 0. The summed E-state index contributed by atoms with van der Waals surface area (Å²) in [5.41, 5.74) is 2.06. The molecule has 27 heavy (non-hydrogen) atoms. The van der Waals surface area contributed by atoms with Gasteiger partial charge in [-0.3, -0.25) is 14.7 Å². The minimum Gasteiger partial charge on any atom is -0.456 e. The highest BCUT2D eigenvalue weighted by Gasteiger charge is 2.45. The van der Waals surface area contributed by atoms with Crippen molar-refractivity contribution in [3.63, 3.8) is 0 Å². The first-order valence-electron chi connectivity index (χ1n) is 10.2. The molecule has 4 heterocycles. The van der Waals surface area contributed by atoms with Crippen LogP contribution in [0.25, 0.3) is 10.9 Å². The van der Waals surface area contributed by atoms with Crippen LogP contribution in [-0.4, -0.2) is 35.0 Å². The van der Waals surface area contributed by atoms with E-state index >= 15 is 0 Å². The molecule has 0 spiro atoms. The van der Waals surface area contributed by atoms with Crippen LogP contribution in [0.5, 0.6) is 0 Å². The third-order valence-electron chi connectivity index (χ3n) is 6.65. The lowest BCUT2D eigenvalue weighted by Gasteiger charge is -2.51. The highest BCUT2D eigenvalue weighted by atomic mass is 16.5. The largest absolute Gasteiger partial charge is 0.456 e. The van der Waals surface area contributed by atoms with E-state index in [-0.39, 0.29) is 24.0 Å². The van der Waals surface area contributed by atoms with Crippen LogP contribution in [-0.2, 0) is 9.53 Å². The van der Waals surface area contributed by atoms with Gasteiger partial charge in [0.15, 0.2) is 0 Å². The Morgan fingerprint density at radius 3 is 2.85 bits per heavy atom. The molecule has 1 aromatic carbocycles. The first-order valence-corrected chi connectivity index (χ1v) is 10.2. The smallest absolute Gasteiger partial charge is 0.309 e. The number of esters is 1. The lowest BCUT2D eigenvalue weighted by atomic mass is 9.73. The van der Waals surface area contributed by atoms with Gasteiger partial charge in [0.2, 0.25) is 0 Å². The minimum absolute atomic E-state index is 0.0242. The fraction of sp³-hybridized carbons (Fsp3) is 0.478. The molecule has 3 saturated heterocycles. The van der Waals surface area contributed by atoms with Crippen molar-refractivity contribution in [3.8, 4) is 0 Å². The van der Waals surface area contributed by atoms with Gasteiger partial charge in [-0.2, -0.15) is 0 Å². The van der Waals surface area contributed by atoms with Crippen molar-refractivity contribution in [2.75, 3.05) is 13.1 Å². The number of pyridine rings is 1. The Kier molecular flexibility index (Phi) is 4.24. The van der Waals surface area contributed by atoms with Gasteiger partial charge < -0.3 is 4.74 Å². The van der Waals surface area contributed by atoms with E-state index in [1.54, 1.807) is 0 Å². The van der Waals surface area contributed by atoms with Crippen molar-refractivity contribution in [3.05, 3.63) is 54.7 Å². The van der Waals surface area contributed by atoms with Crippen LogP contribution in [0, 0.1) is 17.8 Å². The zero-order valence-electron chi connectivity index (χ0n) is 15.6. The van der Waals surface area contributed by atoms with E-state index in [2.05, 4.69) is 28.6 Å². The number of carbonyl (C=O) groups excluding carboxylic acids is 1. The van der Waals surface area contributed by atoms with Gasteiger partial charge >= 0.3 is 5.97 Å². The SMILES string of the molecule is C=C[C@H]1CN2CC[C@H]1C[C@@H]2[C@@H](OC(=O)C1CC1)c1ccnc2ccccc12. The van der Waals surface area contributed by atoms with E-state index in [0.29, 0.717) is 11.8 Å². The number of ether oxygens (including phenoxy) is 1. The fourth-order valence-corrected chi connectivity index (χ4v) is 4.95. The molecule has 6 rings (SSSR count). The van der Waals surface area contributed by atoms with Crippen LogP contribution in [0.4, 0.5) is 0 Å². The van der Waals surface area contributed by atoms with Crippen LogP contribution in [0.15, 0.2) is 49.2 Å². The molecule has 3 aliphatic heterocycles. The monoisotopic (exact) mass is 362 g/mol. The molecule has 4 heteroatoms. The van der Waals surface area contributed by atoms with Gasteiger partial charge in [-0.15, -0.1) is 6.58 Å². The molecule has 5 atom stereocenters. The van der Waals surface area contributed by atoms with Gasteiger partial charge in [0.25, 0.3) is 0 Å². The molecule has 0 radical (unpaired) electrons. The Hall–Kier alpha value is -2.20. The Bertz CT molecular complexity index is 870. The van der Waals surface area contributed by atoms with Crippen LogP contribution < -0.4 is 0 Å². The molecule has 2 bridgehead atoms. The van der Waals surface area contributed by atoms with Crippen molar-refractivity contribution in [1.82, 2.24) is 9.88 Å². The highest BCUT2D eigenvalue weighted by Crippen LogP contribution is 2.44. The minimum atomic E-state index is -0.223. The summed E-state index contributed by atoms with van der Waals surface area (Å²) in [6, 6.07) is 10.5. The van der Waals surface area contributed by atoms with E-state index in [9.17, 15) is 4.79 Å². The standard InChI is InChI=1S/C23H26N2O2/c1-2-15-14-25-12-10-17(15)13-21(25)22(27-23(26)16-7-8-16)19-9-11-24-20-6-4-3-5-18(19)20/h2-6,9,11,15-17,21-22H,1,7-8,10,12-14H2/t15-,17-,21+,22-/m0/s1. The summed E-state index contributed by atoms with van der Waals surface area (Å²) in [5.74, 6) is 1.29. The molecule has 1 aromatic heterocycles. The van der Waals surface area contributed by atoms with E-state index in [1.165, 1.54) is 6.42 Å². The molecule has 4 nitrogen and oxygen atoms in total. The maximum atomic E-state index is 12.6. The molecule has 2 aromatic rings. The Morgan fingerprint density at radius 1 is 1.26 bits per heavy atom. The molecule has 1 saturated carbocycles. The Morgan fingerprint density at radius 2 is 2.11 bits per heavy atom. The van der Waals surface area contributed by atoms with E-state index < -0.39 is 0 Å². The second kappa shape index (κ2) is 6.75. The summed E-state index contributed by atoms with van der Waals surface area (Å²) in [6.45, 7) is 6.14. The summed E-state index contributed by atoms with van der Waals surface area (Å²) in [5, 5.41) is 1.09. The second-order valence-corrected chi connectivity index (χ2v) is 8.30. The third-order valence-corrected chi connectivity index (χ3v) is 6.65. The van der Waals surface area contributed by atoms with Crippen molar-refractivity contribution < 1.29 is 9.53 Å². The highest BCUT2D eigenvalue weighted by molar-refractivity contribution is 5.83. The number of piperidine rings is 3. The maximum Gasteiger partial charge on any atom is 0.309 e. The van der Waals surface area contributed by atoms with Crippen molar-refractivity contribution in [2.45, 2.75) is 37.8 Å². The quantitative estimate of drug-likeness (QED) is 0.593. The zero-order chi connectivity index (χ0) is 18.4. The zero-order valence-corrected chi connectivity index (χ0v) is 15.6. The molecular weight excluding hydrogens is 336 g/mol. The lowest BCUT2D eigenvalue weighted by Crippen LogP contribution is -2.55. The number of para-hydroxylation sites is 1. The summed E-state index contributed by atoms with van der Waals surface area (Å²) in [7, 11) is 0. The number of rotatable bonds is 5. The Labute approximate surface area is 160 Å². The number of carbonyl (C=O) groups is 1. The van der Waals surface area contributed by atoms with Crippen molar-refractivity contribution >= 4 is 16.9 Å². The average molecular weight is 362 g/mol. The van der Waals surface area contributed by atoms with Gasteiger partial charge in [0.05, 0.1) is 17.5 Å². The number of aromatic nitrogens is 1. The number of benzene rings is 1. The summed E-state index contributed by atoms with van der Waals surface area (Å²) in [4.78, 5) is 19.6. The molecule has 0 amide bonds. The predicted octanol–water partition coefficient (Wildman–Crippen LogP) is 4.13. The van der Waals surface area contributed by atoms with Gasteiger partial charge in [0.1, 0.15) is 6.10 Å². The topological polar surface area (TPSA) is 42.4 Å². The average Bonchev–Trinajstić information content (AvgIpc) is 3.57. The molecule has 4 aliphatic rings. The van der Waals surface area contributed by atoms with Crippen LogP contribution in [0.3, 0.4) is 0 Å². The maximum absolute atomic E-state index is 12.6. The molecule has 0 N–H and O–H groups in total. The van der Waals surface area contributed by atoms with Gasteiger partial charge in [-0.05, 0) is 56.2 Å². The second-order valence-electron chi connectivity index (χ2n) is 8.30. The van der Waals surface area contributed by atoms with E-state index in [1.807, 2.05) is 30.5 Å². The lowest BCUT2D eigenvalue weighted by molar-refractivity contribution is -0.158. The van der Waals surface area contributed by atoms with Crippen LogP contribution >= 0.6 is 0 Å². The summed E-state index contributed by atoms with van der Waals surface area (Å²) < 4.78 is 6.20. The first kappa shape index (κ1) is 16.9. The molecular formula is C23H26N2O2. The number of nitrogens with zero attached hydrogens (tertiary/aromatic N) is 2. The van der Waals surface area contributed by atoms with Crippen LogP contribution in [0.2, 0.25) is 0 Å². The Balaban J connectivity index is 1.53. The van der Waals surface area contributed by atoms with Gasteiger partial charge in [-0.1, -0.05) is 24.3 Å². The van der Waals surface area contributed by atoms with E-state index in [4.69, 9.17) is 4.74 Å². The van der Waals surface area contributed by atoms with Gasteiger partial charge in [0, 0.05) is 23.7 Å². The number of fused-ring (bicyclic) bond motifs is 4. The normalized spacial score (nSPS) is 30.8. The van der Waals surface area contributed by atoms with E-state index in [0.717, 1.165) is 48.8 Å². The predicted molar refractivity (Wildman–Crippen MR) is 105 cm³/mol. The fourth-order valence-electron chi connectivity index (χ4n) is 4.95. The molecule has 1 unspecified atom stereocenters. The molecule has 140 valence electrons. The summed E-state index contributed by atoms with van der Waals surface area (Å²) >= 11 is 0.